The van der Waals surface area contributed by atoms with E-state index in [1.165, 1.54) is 5.56 Å². The number of carbonyl (C=O) groups is 1. The summed E-state index contributed by atoms with van der Waals surface area (Å²) in [6.45, 7) is 3.95. The number of nitrogens with one attached hydrogen (secondary N) is 2. The van der Waals surface area contributed by atoms with Gasteiger partial charge in [0.15, 0.2) is 0 Å². The highest BCUT2D eigenvalue weighted by Crippen LogP contribution is 2.12. The lowest BCUT2D eigenvalue weighted by atomic mass is 10.1. The summed E-state index contributed by atoms with van der Waals surface area (Å²) < 4.78 is 0. The number of anilines is 2. The first-order valence-corrected chi connectivity index (χ1v) is 7.23. The van der Waals surface area contributed by atoms with Gasteiger partial charge in [-0.05, 0) is 31.0 Å². The van der Waals surface area contributed by atoms with E-state index < -0.39 is 0 Å². The molecule has 0 aliphatic rings. The van der Waals surface area contributed by atoms with E-state index in [9.17, 15) is 4.79 Å². The van der Waals surface area contributed by atoms with Crippen LogP contribution in [0.4, 0.5) is 11.5 Å². The molecule has 1 unspecified atom stereocenters. The molecule has 2 aromatic rings. The van der Waals surface area contributed by atoms with E-state index in [1.54, 1.807) is 6.20 Å². The Hall–Kier alpha value is -2.36. The average Bonchev–Trinajstić information content (AvgIpc) is 2.50. The van der Waals surface area contributed by atoms with E-state index >= 15 is 0 Å². The van der Waals surface area contributed by atoms with Gasteiger partial charge in [-0.15, -0.1) is 0 Å². The molecule has 1 aromatic carbocycles. The maximum atomic E-state index is 11.3. The number of benzene rings is 1. The Morgan fingerprint density at radius 1 is 1.19 bits per heavy atom. The standard InChI is InChI=1S/C17H21N3O/c1-3-17(21)20-15-9-10-16(18-12-15)19-13(2)11-14-7-5-4-6-8-14/h4-10,12-13H,3,11H2,1-2H3,(H,18,19)(H,20,21). The quantitative estimate of drug-likeness (QED) is 0.853. The van der Waals surface area contributed by atoms with Crippen molar-refractivity contribution in [1.29, 1.82) is 0 Å². The molecule has 21 heavy (non-hydrogen) atoms. The van der Waals surface area contributed by atoms with Crippen LogP contribution in [-0.4, -0.2) is 16.9 Å². The van der Waals surface area contributed by atoms with Crippen LogP contribution in [-0.2, 0) is 11.2 Å². The second-order valence-corrected chi connectivity index (χ2v) is 5.07. The van der Waals surface area contributed by atoms with Gasteiger partial charge in [-0.25, -0.2) is 4.98 Å². The van der Waals surface area contributed by atoms with Crippen molar-refractivity contribution in [2.24, 2.45) is 0 Å². The van der Waals surface area contributed by atoms with E-state index in [2.05, 4.69) is 34.7 Å². The van der Waals surface area contributed by atoms with Gasteiger partial charge >= 0.3 is 0 Å². The second-order valence-electron chi connectivity index (χ2n) is 5.07. The molecule has 0 saturated heterocycles. The molecule has 4 nitrogen and oxygen atoms in total. The number of rotatable bonds is 6. The van der Waals surface area contributed by atoms with E-state index in [-0.39, 0.29) is 11.9 Å². The molecular weight excluding hydrogens is 262 g/mol. The first-order chi connectivity index (χ1) is 10.2. The minimum atomic E-state index is -0.00467. The van der Waals surface area contributed by atoms with Crippen LogP contribution in [0.5, 0.6) is 0 Å². The zero-order chi connectivity index (χ0) is 15.1. The minimum absolute atomic E-state index is 0.00467. The highest BCUT2D eigenvalue weighted by atomic mass is 16.1. The van der Waals surface area contributed by atoms with Gasteiger partial charge in [0.2, 0.25) is 5.91 Å². The molecule has 0 bridgehead atoms. The third-order valence-electron chi connectivity index (χ3n) is 3.15. The molecule has 1 atom stereocenters. The summed E-state index contributed by atoms with van der Waals surface area (Å²) in [4.78, 5) is 15.6. The molecule has 110 valence electrons. The van der Waals surface area contributed by atoms with Gasteiger partial charge < -0.3 is 10.6 Å². The fraction of sp³-hybridized carbons (Fsp3) is 0.294. The van der Waals surface area contributed by atoms with Crippen LogP contribution >= 0.6 is 0 Å². The van der Waals surface area contributed by atoms with Crippen molar-refractivity contribution >= 4 is 17.4 Å². The fourth-order valence-corrected chi connectivity index (χ4v) is 2.07. The molecular formula is C17H21N3O. The minimum Gasteiger partial charge on any atom is -0.367 e. The molecule has 2 N–H and O–H groups in total. The number of pyridine rings is 1. The first-order valence-electron chi connectivity index (χ1n) is 7.23. The molecule has 1 heterocycles. The summed E-state index contributed by atoms with van der Waals surface area (Å²) in [5.74, 6) is 0.808. The Balaban J connectivity index is 1.89. The van der Waals surface area contributed by atoms with Crippen LogP contribution in [0.15, 0.2) is 48.7 Å². The Morgan fingerprint density at radius 2 is 1.95 bits per heavy atom. The molecule has 1 amide bonds. The van der Waals surface area contributed by atoms with E-state index in [1.807, 2.05) is 37.3 Å². The average molecular weight is 283 g/mol. The number of amides is 1. The molecule has 0 saturated carbocycles. The largest absolute Gasteiger partial charge is 0.367 e. The van der Waals surface area contributed by atoms with E-state index in [0.29, 0.717) is 6.42 Å². The SMILES string of the molecule is CCC(=O)Nc1ccc(NC(C)Cc2ccccc2)nc1. The maximum absolute atomic E-state index is 11.3. The first kappa shape index (κ1) is 15.0. The van der Waals surface area contributed by atoms with Gasteiger partial charge in [0, 0.05) is 12.5 Å². The fourth-order valence-electron chi connectivity index (χ4n) is 2.07. The predicted molar refractivity (Wildman–Crippen MR) is 86.4 cm³/mol. The molecule has 0 aliphatic carbocycles. The summed E-state index contributed by atoms with van der Waals surface area (Å²) in [5, 5.41) is 6.14. The van der Waals surface area contributed by atoms with Crippen LogP contribution in [0.2, 0.25) is 0 Å². The summed E-state index contributed by atoms with van der Waals surface area (Å²) >= 11 is 0. The monoisotopic (exact) mass is 283 g/mol. The molecule has 2 rings (SSSR count). The summed E-state index contributed by atoms with van der Waals surface area (Å²) in [6.07, 6.45) is 3.08. The van der Waals surface area contributed by atoms with Crippen molar-refractivity contribution in [3.05, 3.63) is 54.2 Å². The lowest BCUT2D eigenvalue weighted by Gasteiger charge is -2.15. The Bertz CT molecular complexity index is 566. The van der Waals surface area contributed by atoms with Gasteiger partial charge in [0.1, 0.15) is 5.82 Å². The Kier molecular flexibility index (Phi) is 5.32. The van der Waals surface area contributed by atoms with Gasteiger partial charge in [-0.1, -0.05) is 37.3 Å². The molecule has 0 radical (unpaired) electrons. The van der Waals surface area contributed by atoms with Crippen molar-refractivity contribution in [1.82, 2.24) is 4.98 Å². The van der Waals surface area contributed by atoms with Crippen molar-refractivity contribution in [3.8, 4) is 0 Å². The number of aromatic nitrogens is 1. The number of carbonyl (C=O) groups excluding carboxylic acids is 1. The van der Waals surface area contributed by atoms with Gasteiger partial charge in [0.05, 0.1) is 11.9 Å². The van der Waals surface area contributed by atoms with Crippen molar-refractivity contribution in [2.75, 3.05) is 10.6 Å². The van der Waals surface area contributed by atoms with Gasteiger partial charge in [-0.2, -0.15) is 0 Å². The lowest BCUT2D eigenvalue weighted by Crippen LogP contribution is -2.19. The summed E-state index contributed by atoms with van der Waals surface area (Å²) in [7, 11) is 0. The maximum Gasteiger partial charge on any atom is 0.224 e. The molecule has 4 heteroatoms. The predicted octanol–water partition coefficient (Wildman–Crippen LogP) is 3.47. The van der Waals surface area contributed by atoms with Crippen LogP contribution < -0.4 is 10.6 Å². The van der Waals surface area contributed by atoms with Gasteiger partial charge in [-0.3, -0.25) is 4.79 Å². The number of nitrogens with zero attached hydrogens (tertiary/aromatic N) is 1. The van der Waals surface area contributed by atoms with Crippen molar-refractivity contribution in [3.63, 3.8) is 0 Å². The third kappa shape index (κ3) is 4.91. The smallest absolute Gasteiger partial charge is 0.224 e. The van der Waals surface area contributed by atoms with Gasteiger partial charge in [0.25, 0.3) is 0 Å². The number of hydrogen-bond donors (Lipinski definition) is 2. The lowest BCUT2D eigenvalue weighted by molar-refractivity contribution is -0.115. The summed E-state index contributed by atoms with van der Waals surface area (Å²) in [5.41, 5.74) is 2.02. The molecule has 0 aliphatic heterocycles. The summed E-state index contributed by atoms with van der Waals surface area (Å²) in [6, 6.07) is 14.4. The van der Waals surface area contributed by atoms with E-state index in [0.717, 1.165) is 17.9 Å². The highest BCUT2D eigenvalue weighted by molar-refractivity contribution is 5.90. The van der Waals surface area contributed by atoms with Crippen LogP contribution in [0.25, 0.3) is 0 Å². The second kappa shape index (κ2) is 7.43. The van der Waals surface area contributed by atoms with Crippen molar-refractivity contribution < 1.29 is 4.79 Å². The molecule has 1 aromatic heterocycles. The zero-order valence-electron chi connectivity index (χ0n) is 12.5. The zero-order valence-corrected chi connectivity index (χ0v) is 12.5. The Morgan fingerprint density at radius 3 is 2.57 bits per heavy atom. The number of hydrogen-bond acceptors (Lipinski definition) is 3. The normalized spacial score (nSPS) is 11.7. The van der Waals surface area contributed by atoms with E-state index in [4.69, 9.17) is 0 Å². The highest BCUT2D eigenvalue weighted by Gasteiger charge is 2.05. The third-order valence-corrected chi connectivity index (χ3v) is 3.15. The van der Waals surface area contributed by atoms with Crippen molar-refractivity contribution in [2.45, 2.75) is 32.7 Å². The molecule has 0 fully saturated rings. The van der Waals surface area contributed by atoms with Crippen LogP contribution in [0, 0.1) is 0 Å². The van der Waals surface area contributed by atoms with Crippen LogP contribution in [0.3, 0.4) is 0 Å². The molecule has 0 spiro atoms. The Labute approximate surface area is 125 Å². The van der Waals surface area contributed by atoms with Crippen LogP contribution in [0.1, 0.15) is 25.8 Å². The topological polar surface area (TPSA) is 54.0 Å².